The third-order valence-electron chi connectivity index (χ3n) is 5.28. The summed E-state index contributed by atoms with van der Waals surface area (Å²) in [6, 6.07) is 12.9. The number of nitrogens with zero attached hydrogens (tertiary/aromatic N) is 3. The van der Waals surface area contributed by atoms with Crippen LogP contribution in [0, 0.1) is 5.82 Å². The van der Waals surface area contributed by atoms with Crippen molar-refractivity contribution in [2.24, 2.45) is 4.99 Å². The number of pyridine rings is 1. The molecule has 0 atom stereocenters. The van der Waals surface area contributed by atoms with Crippen LogP contribution in [0.4, 0.5) is 4.39 Å². The minimum Gasteiger partial charge on any atom is -0.494 e. The van der Waals surface area contributed by atoms with E-state index in [1.54, 1.807) is 42.6 Å². The van der Waals surface area contributed by atoms with Crippen LogP contribution in [0.5, 0.6) is 5.88 Å². The molecule has 30 heavy (non-hydrogen) atoms. The minimum atomic E-state index is -0.585. The molecular formula is C23H24FN3O3. The molecule has 1 saturated heterocycles. The predicted octanol–water partition coefficient (Wildman–Crippen LogP) is 2.98. The smallest absolute Gasteiger partial charge is 0.265 e. The number of ether oxygens (including phenoxy) is 1. The van der Waals surface area contributed by atoms with Crippen molar-refractivity contribution in [1.29, 1.82) is 0 Å². The van der Waals surface area contributed by atoms with E-state index in [1.165, 1.54) is 12.1 Å². The van der Waals surface area contributed by atoms with E-state index in [1.807, 2.05) is 0 Å². The Labute approximate surface area is 173 Å². The van der Waals surface area contributed by atoms with Gasteiger partial charge in [0.25, 0.3) is 5.56 Å². The van der Waals surface area contributed by atoms with Crippen LogP contribution in [0.25, 0.3) is 16.5 Å². The number of fused-ring (bicyclic) bond motifs is 1. The van der Waals surface area contributed by atoms with Crippen molar-refractivity contribution >= 4 is 17.0 Å². The van der Waals surface area contributed by atoms with Crippen molar-refractivity contribution in [3.8, 4) is 11.6 Å². The van der Waals surface area contributed by atoms with E-state index in [0.29, 0.717) is 22.9 Å². The molecule has 1 aromatic heterocycles. The third-order valence-corrected chi connectivity index (χ3v) is 5.28. The first-order valence-corrected chi connectivity index (χ1v) is 10.1. The van der Waals surface area contributed by atoms with Gasteiger partial charge in [0.05, 0.1) is 24.5 Å². The Bertz CT molecular complexity index is 1120. The van der Waals surface area contributed by atoms with Gasteiger partial charge in [0.1, 0.15) is 5.82 Å². The molecule has 7 heteroatoms. The maximum atomic E-state index is 14.4. The highest BCUT2D eigenvalue weighted by Gasteiger charge is 2.18. The summed E-state index contributed by atoms with van der Waals surface area (Å²) < 4.78 is 20.7. The van der Waals surface area contributed by atoms with E-state index in [0.717, 1.165) is 43.8 Å². The molecule has 0 unspecified atom stereocenters. The summed E-state index contributed by atoms with van der Waals surface area (Å²) in [6.07, 6.45) is 2.45. The molecule has 0 bridgehead atoms. The maximum absolute atomic E-state index is 14.4. The van der Waals surface area contributed by atoms with E-state index >= 15 is 0 Å². The van der Waals surface area contributed by atoms with Crippen molar-refractivity contribution < 1.29 is 14.2 Å². The lowest BCUT2D eigenvalue weighted by Gasteiger charge is -2.26. The molecule has 4 rings (SSSR count). The number of aromatic nitrogens is 1. The maximum Gasteiger partial charge on any atom is 0.265 e. The number of benzene rings is 2. The molecule has 0 amide bonds. The first kappa shape index (κ1) is 20.3. The Balaban J connectivity index is 1.65. The van der Waals surface area contributed by atoms with Crippen molar-refractivity contribution in [2.75, 3.05) is 39.4 Å². The van der Waals surface area contributed by atoms with Gasteiger partial charge in [-0.2, -0.15) is 0 Å². The first-order valence-electron chi connectivity index (χ1n) is 10.1. The largest absolute Gasteiger partial charge is 0.494 e. The summed E-state index contributed by atoms with van der Waals surface area (Å²) in [6.45, 7) is 4.92. The number of rotatable bonds is 6. The third kappa shape index (κ3) is 4.13. The van der Waals surface area contributed by atoms with Crippen molar-refractivity contribution in [2.45, 2.75) is 6.42 Å². The van der Waals surface area contributed by atoms with Crippen molar-refractivity contribution in [3.63, 3.8) is 0 Å². The summed E-state index contributed by atoms with van der Waals surface area (Å²) in [5, 5.41) is 11.9. The highest BCUT2D eigenvalue weighted by molar-refractivity contribution is 6.01. The molecule has 1 aliphatic heterocycles. The van der Waals surface area contributed by atoms with Crippen LogP contribution < -0.4 is 5.56 Å². The lowest BCUT2D eigenvalue weighted by molar-refractivity contribution is 0.0377. The predicted molar refractivity (Wildman–Crippen MR) is 116 cm³/mol. The van der Waals surface area contributed by atoms with Gasteiger partial charge in [0.15, 0.2) is 0 Å². The van der Waals surface area contributed by atoms with Gasteiger partial charge in [0.2, 0.25) is 5.88 Å². The average Bonchev–Trinajstić information content (AvgIpc) is 2.77. The van der Waals surface area contributed by atoms with Crippen LogP contribution in [-0.2, 0) is 4.74 Å². The molecule has 3 aromatic rings. The Morgan fingerprint density at radius 2 is 1.77 bits per heavy atom. The molecule has 0 aliphatic carbocycles. The Morgan fingerprint density at radius 3 is 2.53 bits per heavy atom. The highest BCUT2D eigenvalue weighted by Crippen LogP contribution is 2.26. The Morgan fingerprint density at radius 1 is 1.07 bits per heavy atom. The van der Waals surface area contributed by atoms with Crippen LogP contribution in [-0.4, -0.2) is 60.2 Å². The fraction of sp³-hybridized carbons (Fsp3) is 0.304. The van der Waals surface area contributed by atoms with E-state index in [-0.39, 0.29) is 11.6 Å². The number of aromatic hydroxyl groups is 1. The molecule has 156 valence electrons. The fourth-order valence-electron chi connectivity index (χ4n) is 3.71. The summed E-state index contributed by atoms with van der Waals surface area (Å²) in [5.74, 6) is -0.903. The lowest BCUT2D eigenvalue weighted by Crippen LogP contribution is -2.37. The number of para-hydroxylation sites is 1. The molecule has 1 N–H and O–H groups in total. The van der Waals surface area contributed by atoms with Gasteiger partial charge in [-0.25, -0.2) is 8.96 Å². The summed E-state index contributed by atoms with van der Waals surface area (Å²) in [4.78, 5) is 19.8. The summed E-state index contributed by atoms with van der Waals surface area (Å²) in [5.41, 5.74) is -0.0646. The zero-order chi connectivity index (χ0) is 20.9. The van der Waals surface area contributed by atoms with Crippen LogP contribution in [0.1, 0.15) is 12.0 Å². The molecule has 1 aliphatic rings. The van der Waals surface area contributed by atoms with Crippen LogP contribution >= 0.6 is 0 Å². The van der Waals surface area contributed by atoms with Gasteiger partial charge in [-0.3, -0.25) is 14.7 Å². The topological polar surface area (TPSA) is 67.1 Å². The second-order valence-corrected chi connectivity index (χ2v) is 7.22. The number of hydrogen-bond acceptors (Lipinski definition) is 5. The van der Waals surface area contributed by atoms with Gasteiger partial charge < -0.3 is 9.84 Å². The van der Waals surface area contributed by atoms with Crippen molar-refractivity contribution in [3.05, 3.63) is 70.3 Å². The fourth-order valence-corrected chi connectivity index (χ4v) is 3.71. The van der Waals surface area contributed by atoms with Gasteiger partial charge in [-0.15, -0.1) is 0 Å². The minimum absolute atomic E-state index is 0.00715. The van der Waals surface area contributed by atoms with E-state index in [4.69, 9.17) is 4.74 Å². The van der Waals surface area contributed by atoms with Gasteiger partial charge in [0, 0.05) is 43.2 Å². The molecule has 0 saturated carbocycles. The van der Waals surface area contributed by atoms with Crippen molar-refractivity contribution in [1.82, 2.24) is 9.47 Å². The molecule has 0 radical (unpaired) electrons. The number of aliphatic imine (C=N–C) groups is 1. The van der Waals surface area contributed by atoms with E-state index in [2.05, 4.69) is 9.89 Å². The number of hydrogen-bond donors (Lipinski definition) is 1. The molecule has 6 nitrogen and oxygen atoms in total. The second-order valence-electron chi connectivity index (χ2n) is 7.22. The molecule has 0 spiro atoms. The van der Waals surface area contributed by atoms with Gasteiger partial charge >= 0.3 is 0 Å². The SMILES string of the molecule is O=c1c2ccccc2c(C=NCCCN2CCOCC2)c(O)n1-c1ccccc1F. The van der Waals surface area contributed by atoms with Crippen LogP contribution in [0.2, 0.25) is 0 Å². The zero-order valence-electron chi connectivity index (χ0n) is 16.6. The second kappa shape index (κ2) is 9.19. The molecule has 2 heterocycles. The molecule has 2 aromatic carbocycles. The highest BCUT2D eigenvalue weighted by atomic mass is 19.1. The number of morpholine rings is 1. The monoisotopic (exact) mass is 409 g/mol. The first-order chi connectivity index (χ1) is 14.7. The quantitative estimate of drug-likeness (QED) is 0.502. The molecule has 1 fully saturated rings. The summed E-state index contributed by atoms with van der Waals surface area (Å²) in [7, 11) is 0. The normalized spacial score (nSPS) is 15.2. The lowest BCUT2D eigenvalue weighted by atomic mass is 10.1. The Hall–Kier alpha value is -3.03. The van der Waals surface area contributed by atoms with Gasteiger partial charge in [-0.05, 0) is 24.6 Å². The number of halogens is 1. The zero-order valence-corrected chi connectivity index (χ0v) is 16.6. The average molecular weight is 409 g/mol. The van der Waals surface area contributed by atoms with Gasteiger partial charge in [-0.1, -0.05) is 30.3 Å². The standard InChI is InChI=1S/C23H24FN3O3/c24-20-8-3-4-9-21(20)27-22(28)18-7-2-1-6-17(18)19(23(27)29)16-25-10-5-11-26-12-14-30-15-13-26/h1-4,6-9,16,29H,5,10-15H2. The van der Waals surface area contributed by atoms with E-state index in [9.17, 15) is 14.3 Å². The van der Waals surface area contributed by atoms with E-state index < -0.39 is 11.4 Å². The van der Waals surface area contributed by atoms with Crippen LogP contribution in [0.3, 0.4) is 0 Å². The summed E-state index contributed by atoms with van der Waals surface area (Å²) >= 11 is 0. The van der Waals surface area contributed by atoms with Crippen LogP contribution in [0.15, 0.2) is 58.3 Å². The Kier molecular flexibility index (Phi) is 6.21. The molecular weight excluding hydrogens is 385 g/mol.